The van der Waals surface area contributed by atoms with Gasteiger partial charge in [0.15, 0.2) is 0 Å². The summed E-state index contributed by atoms with van der Waals surface area (Å²) in [6, 6.07) is 13.1. The number of carbonyl (C=O) groups is 2. The monoisotopic (exact) mass is 396 g/mol. The highest BCUT2D eigenvalue weighted by Crippen LogP contribution is 2.21. The number of nitrogens with zero attached hydrogens (tertiary/aromatic N) is 1. The third-order valence-electron chi connectivity index (χ3n) is 3.82. The van der Waals surface area contributed by atoms with E-state index in [2.05, 4.69) is 10.6 Å². The van der Waals surface area contributed by atoms with Gasteiger partial charge in [-0.2, -0.15) is 0 Å². The van der Waals surface area contributed by atoms with Crippen molar-refractivity contribution in [3.63, 3.8) is 0 Å². The van der Waals surface area contributed by atoms with E-state index in [9.17, 15) is 24.8 Å². The van der Waals surface area contributed by atoms with E-state index in [0.29, 0.717) is 10.6 Å². The molecule has 28 heavy (non-hydrogen) atoms. The zero-order valence-corrected chi connectivity index (χ0v) is 15.2. The van der Waals surface area contributed by atoms with Gasteiger partial charge in [-0.1, -0.05) is 18.2 Å². The van der Waals surface area contributed by atoms with Crippen LogP contribution in [0.5, 0.6) is 5.75 Å². The van der Waals surface area contributed by atoms with E-state index >= 15 is 0 Å². The van der Waals surface area contributed by atoms with E-state index < -0.39 is 16.6 Å². The van der Waals surface area contributed by atoms with Crippen molar-refractivity contribution in [3.8, 4) is 5.75 Å². The fourth-order valence-corrected chi connectivity index (χ4v) is 3.05. The molecule has 1 aromatic heterocycles. The number of thiophene rings is 1. The summed E-state index contributed by atoms with van der Waals surface area (Å²) in [7, 11) is 0. The van der Waals surface area contributed by atoms with Gasteiger partial charge in [-0.15, -0.1) is 17.1 Å². The Balaban J connectivity index is 1.67. The molecule has 0 aliphatic rings. The minimum Gasteiger partial charge on any atom is -0.872 e. The molecule has 142 valence electrons. The van der Waals surface area contributed by atoms with Crippen molar-refractivity contribution in [1.82, 2.24) is 5.32 Å². The second-order valence-corrected chi connectivity index (χ2v) is 6.69. The van der Waals surface area contributed by atoms with Gasteiger partial charge in [0.05, 0.1) is 9.80 Å². The Morgan fingerprint density at radius 1 is 1.04 bits per heavy atom. The van der Waals surface area contributed by atoms with Crippen molar-refractivity contribution in [2.45, 2.75) is 6.54 Å². The van der Waals surface area contributed by atoms with Gasteiger partial charge in [0, 0.05) is 29.9 Å². The molecule has 3 aromatic rings. The van der Waals surface area contributed by atoms with Crippen molar-refractivity contribution >= 4 is 34.5 Å². The topological polar surface area (TPSA) is 124 Å². The molecule has 9 heteroatoms. The first-order valence-electron chi connectivity index (χ1n) is 8.11. The fourth-order valence-electron chi connectivity index (χ4n) is 2.43. The molecule has 0 aliphatic heterocycles. The summed E-state index contributed by atoms with van der Waals surface area (Å²) in [5.41, 5.74) is 0.625. The third kappa shape index (κ3) is 4.51. The Morgan fingerprint density at radius 3 is 2.57 bits per heavy atom. The SMILES string of the molecule is O=C(NCc1cc([N+](=O)[O-])ccc1[O-])c1cccc(NC(=O)c2cccs2)c1. The van der Waals surface area contributed by atoms with Crippen LogP contribution in [-0.4, -0.2) is 16.7 Å². The van der Waals surface area contributed by atoms with Crippen LogP contribution in [-0.2, 0) is 6.54 Å². The lowest BCUT2D eigenvalue weighted by Crippen LogP contribution is -2.23. The van der Waals surface area contributed by atoms with Crippen LogP contribution in [0.1, 0.15) is 25.6 Å². The second kappa shape index (κ2) is 8.31. The van der Waals surface area contributed by atoms with Gasteiger partial charge in [-0.25, -0.2) is 0 Å². The Bertz CT molecular complexity index is 1030. The van der Waals surface area contributed by atoms with Crippen LogP contribution in [0.25, 0.3) is 0 Å². The Morgan fingerprint density at radius 2 is 1.86 bits per heavy atom. The standard InChI is InChI=1S/C19H15N3O5S/c23-16-7-6-15(22(26)27)10-13(16)11-20-18(24)12-3-1-4-14(9-12)21-19(25)17-5-2-8-28-17/h1-10,23H,11H2,(H,20,24)(H,21,25)/p-1. The van der Waals surface area contributed by atoms with Crippen molar-refractivity contribution in [3.05, 3.63) is 86.1 Å². The maximum atomic E-state index is 12.4. The van der Waals surface area contributed by atoms with Crippen LogP contribution < -0.4 is 15.7 Å². The molecule has 0 aliphatic carbocycles. The molecule has 8 nitrogen and oxygen atoms in total. The molecule has 0 atom stereocenters. The predicted octanol–water partition coefficient (Wildman–Crippen LogP) is 2.91. The summed E-state index contributed by atoms with van der Waals surface area (Å²) in [4.78, 5) is 35.2. The van der Waals surface area contributed by atoms with Crippen LogP contribution in [0.15, 0.2) is 60.0 Å². The van der Waals surface area contributed by atoms with Crippen molar-refractivity contribution in [2.75, 3.05) is 5.32 Å². The number of benzene rings is 2. The highest BCUT2D eigenvalue weighted by atomic mass is 32.1. The molecule has 3 rings (SSSR count). The number of non-ortho nitro benzene ring substituents is 1. The maximum absolute atomic E-state index is 12.4. The molecule has 0 fully saturated rings. The zero-order valence-electron chi connectivity index (χ0n) is 14.4. The first kappa shape index (κ1) is 19.1. The van der Waals surface area contributed by atoms with E-state index in [4.69, 9.17) is 0 Å². The van der Waals surface area contributed by atoms with Crippen LogP contribution in [0.4, 0.5) is 11.4 Å². The number of carbonyl (C=O) groups excluding carboxylic acids is 2. The number of nitro benzene ring substituents is 1. The Kier molecular flexibility index (Phi) is 5.66. The molecular formula is C19H14N3O5S-. The van der Waals surface area contributed by atoms with E-state index in [1.807, 2.05) is 0 Å². The van der Waals surface area contributed by atoms with Gasteiger partial charge in [-0.05, 0) is 35.2 Å². The first-order valence-corrected chi connectivity index (χ1v) is 8.99. The molecule has 0 spiro atoms. The number of anilines is 1. The average molecular weight is 396 g/mol. The number of nitro groups is 1. The lowest BCUT2D eigenvalue weighted by molar-refractivity contribution is -0.385. The summed E-state index contributed by atoms with van der Waals surface area (Å²) in [6.45, 7) is -0.148. The minimum atomic E-state index is -0.607. The quantitative estimate of drug-likeness (QED) is 0.490. The lowest BCUT2D eigenvalue weighted by Gasteiger charge is -2.14. The lowest BCUT2D eigenvalue weighted by atomic mass is 10.1. The first-order chi connectivity index (χ1) is 13.4. The molecule has 0 bridgehead atoms. The van der Waals surface area contributed by atoms with Gasteiger partial charge in [0.1, 0.15) is 0 Å². The van der Waals surface area contributed by atoms with Crippen molar-refractivity contribution in [2.24, 2.45) is 0 Å². The smallest absolute Gasteiger partial charge is 0.269 e. The highest BCUT2D eigenvalue weighted by Gasteiger charge is 2.11. The van der Waals surface area contributed by atoms with Gasteiger partial charge in [0.2, 0.25) is 0 Å². The van der Waals surface area contributed by atoms with Crippen LogP contribution in [0, 0.1) is 10.1 Å². The predicted molar refractivity (Wildman–Crippen MR) is 102 cm³/mol. The summed E-state index contributed by atoms with van der Waals surface area (Å²) in [5.74, 6) is -1.15. The number of hydrogen-bond acceptors (Lipinski definition) is 6. The molecule has 0 unspecified atom stereocenters. The van der Waals surface area contributed by atoms with Crippen LogP contribution in [0.3, 0.4) is 0 Å². The van der Waals surface area contributed by atoms with Crippen molar-refractivity contribution < 1.29 is 19.6 Å². The highest BCUT2D eigenvalue weighted by molar-refractivity contribution is 7.12. The molecule has 0 saturated carbocycles. The molecule has 2 amide bonds. The molecule has 2 aromatic carbocycles. The van der Waals surface area contributed by atoms with E-state index in [1.165, 1.54) is 17.4 Å². The second-order valence-electron chi connectivity index (χ2n) is 5.74. The fraction of sp³-hybridized carbons (Fsp3) is 0.0526. The van der Waals surface area contributed by atoms with Crippen LogP contribution in [0.2, 0.25) is 0 Å². The molecule has 0 radical (unpaired) electrons. The normalized spacial score (nSPS) is 10.3. The van der Waals surface area contributed by atoms with Gasteiger partial charge in [-0.3, -0.25) is 19.7 Å². The zero-order chi connectivity index (χ0) is 20.1. The van der Waals surface area contributed by atoms with E-state index in [1.54, 1.807) is 35.7 Å². The van der Waals surface area contributed by atoms with Gasteiger partial charge >= 0.3 is 0 Å². The largest absolute Gasteiger partial charge is 0.872 e. The minimum absolute atomic E-state index is 0.115. The van der Waals surface area contributed by atoms with Crippen LogP contribution >= 0.6 is 11.3 Å². The Labute approximate surface area is 163 Å². The summed E-state index contributed by atoms with van der Waals surface area (Å²) < 4.78 is 0. The van der Waals surface area contributed by atoms with Crippen molar-refractivity contribution in [1.29, 1.82) is 0 Å². The summed E-state index contributed by atoms with van der Waals surface area (Å²) >= 11 is 1.30. The average Bonchev–Trinajstić information content (AvgIpc) is 3.22. The third-order valence-corrected chi connectivity index (χ3v) is 4.69. The molecule has 0 saturated heterocycles. The number of hydrogen-bond donors (Lipinski definition) is 2. The number of rotatable bonds is 6. The number of amides is 2. The Hall–Kier alpha value is -3.72. The maximum Gasteiger partial charge on any atom is 0.269 e. The van der Waals surface area contributed by atoms with E-state index in [0.717, 1.165) is 18.2 Å². The summed E-state index contributed by atoms with van der Waals surface area (Å²) in [5, 5.41) is 29.7. The molecule has 2 N–H and O–H groups in total. The van der Waals surface area contributed by atoms with E-state index in [-0.39, 0.29) is 29.3 Å². The van der Waals surface area contributed by atoms with Gasteiger partial charge < -0.3 is 15.7 Å². The van der Waals surface area contributed by atoms with Gasteiger partial charge in [0.25, 0.3) is 17.5 Å². The summed E-state index contributed by atoms with van der Waals surface area (Å²) in [6.07, 6.45) is 0. The number of nitrogens with one attached hydrogen (secondary N) is 2. The molecular weight excluding hydrogens is 382 g/mol. The molecule has 1 heterocycles.